The summed E-state index contributed by atoms with van der Waals surface area (Å²) in [7, 11) is 0. The van der Waals surface area contributed by atoms with Crippen molar-refractivity contribution in [2.45, 2.75) is 70.4 Å². The maximum absolute atomic E-state index is 12.5. The van der Waals surface area contributed by atoms with Crippen molar-refractivity contribution in [2.75, 3.05) is 6.54 Å². The van der Waals surface area contributed by atoms with Crippen LogP contribution < -0.4 is 5.32 Å². The van der Waals surface area contributed by atoms with Gasteiger partial charge in [-0.3, -0.25) is 0 Å². The maximum atomic E-state index is 12.5. The van der Waals surface area contributed by atoms with Crippen LogP contribution in [-0.4, -0.2) is 30.5 Å². The molecule has 17 heavy (non-hydrogen) atoms. The Labute approximate surface area is 101 Å². The molecule has 1 unspecified atom stereocenters. The lowest BCUT2D eigenvalue weighted by Crippen LogP contribution is -2.47. The van der Waals surface area contributed by atoms with Gasteiger partial charge in [0.15, 0.2) is 6.10 Å². The third kappa shape index (κ3) is 4.47. The Morgan fingerprint density at radius 1 is 1.18 bits per heavy atom. The highest BCUT2D eigenvalue weighted by molar-refractivity contribution is 4.90. The van der Waals surface area contributed by atoms with Gasteiger partial charge in [-0.2, -0.15) is 13.2 Å². The van der Waals surface area contributed by atoms with Crippen molar-refractivity contribution < 1.29 is 17.9 Å². The predicted octanol–water partition coefficient (Wildman–Crippen LogP) is 3.26. The summed E-state index contributed by atoms with van der Waals surface area (Å²) in [6, 6.07) is 0.261. The number of hydrogen-bond donors (Lipinski definition) is 1. The van der Waals surface area contributed by atoms with Gasteiger partial charge in [-0.05, 0) is 19.8 Å². The number of ether oxygens (including phenoxy) is 1. The molecule has 1 aliphatic carbocycles. The number of hydrogen-bond acceptors (Lipinski definition) is 2. The van der Waals surface area contributed by atoms with Crippen LogP contribution in [0.4, 0.5) is 13.2 Å². The average Bonchev–Trinajstić information content (AvgIpc) is 2.63. The van der Waals surface area contributed by atoms with E-state index in [1.54, 1.807) is 0 Å². The van der Waals surface area contributed by atoms with Gasteiger partial charge in [0.2, 0.25) is 0 Å². The molecular weight excluding hydrogens is 231 g/mol. The Morgan fingerprint density at radius 3 is 2.12 bits per heavy atom. The second-order valence-electron chi connectivity index (χ2n) is 5.23. The van der Waals surface area contributed by atoms with E-state index in [-0.39, 0.29) is 6.04 Å². The van der Waals surface area contributed by atoms with E-state index < -0.39 is 17.9 Å². The van der Waals surface area contributed by atoms with Gasteiger partial charge in [0, 0.05) is 12.6 Å². The highest BCUT2D eigenvalue weighted by Crippen LogP contribution is 2.36. The first-order chi connectivity index (χ1) is 7.75. The van der Waals surface area contributed by atoms with Crippen LogP contribution in [0.5, 0.6) is 0 Å². The normalized spacial score (nSPS) is 22.1. The summed E-state index contributed by atoms with van der Waals surface area (Å²) in [5.74, 6) is 0. The maximum Gasteiger partial charge on any atom is 0.414 e. The monoisotopic (exact) mass is 253 g/mol. The third-order valence-electron chi connectivity index (χ3n) is 3.23. The van der Waals surface area contributed by atoms with E-state index >= 15 is 0 Å². The lowest BCUT2D eigenvalue weighted by Gasteiger charge is -2.34. The van der Waals surface area contributed by atoms with Gasteiger partial charge in [0.25, 0.3) is 0 Å². The third-order valence-corrected chi connectivity index (χ3v) is 3.23. The quantitative estimate of drug-likeness (QED) is 0.812. The zero-order chi connectivity index (χ0) is 13.1. The van der Waals surface area contributed by atoms with E-state index in [0.29, 0.717) is 19.4 Å². The number of halogens is 3. The largest absolute Gasteiger partial charge is 0.414 e. The van der Waals surface area contributed by atoms with Crippen molar-refractivity contribution in [1.82, 2.24) is 5.32 Å². The van der Waals surface area contributed by atoms with Crippen molar-refractivity contribution in [3.05, 3.63) is 0 Å². The van der Waals surface area contributed by atoms with Crippen molar-refractivity contribution in [3.8, 4) is 0 Å². The first-order valence-electron chi connectivity index (χ1n) is 6.23. The molecule has 0 spiro atoms. The van der Waals surface area contributed by atoms with Gasteiger partial charge in [0.1, 0.15) is 0 Å². The Morgan fingerprint density at radius 2 is 1.71 bits per heavy atom. The van der Waals surface area contributed by atoms with Gasteiger partial charge in [-0.25, -0.2) is 0 Å². The van der Waals surface area contributed by atoms with Crippen molar-refractivity contribution in [1.29, 1.82) is 0 Å². The van der Waals surface area contributed by atoms with Crippen molar-refractivity contribution >= 4 is 0 Å². The first-order valence-corrected chi connectivity index (χ1v) is 6.23. The lowest BCUT2D eigenvalue weighted by molar-refractivity contribution is -0.245. The topological polar surface area (TPSA) is 21.3 Å². The van der Waals surface area contributed by atoms with Gasteiger partial charge in [-0.1, -0.05) is 26.7 Å². The smallest absolute Gasteiger partial charge is 0.361 e. The van der Waals surface area contributed by atoms with E-state index in [4.69, 9.17) is 4.74 Å². The van der Waals surface area contributed by atoms with E-state index in [0.717, 1.165) is 19.8 Å². The molecule has 1 saturated carbocycles. The summed E-state index contributed by atoms with van der Waals surface area (Å²) in [5, 5.41) is 3.19. The van der Waals surface area contributed by atoms with Gasteiger partial charge < -0.3 is 10.1 Å². The Balaban J connectivity index is 2.59. The minimum atomic E-state index is -4.27. The molecule has 5 heteroatoms. The fourth-order valence-corrected chi connectivity index (χ4v) is 2.19. The van der Waals surface area contributed by atoms with Gasteiger partial charge in [-0.15, -0.1) is 0 Å². The summed E-state index contributed by atoms with van der Waals surface area (Å²) >= 11 is 0. The minimum absolute atomic E-state index is 0.261. The summed E-state index contributed by atoms with van der Waals surface area (Å²) in [6.45, 7) is 5.56. The number of nitrogens with one attached hydrogen (secondary N) is 1. The zero-order valence-electron chi connectivity index (χ0n) is 10.7. The minimum Gasteiger partial charge on any atom is -0.361 e. The molecule has 0 amide bonds. The van der Waals surface area contributed by atoms with Gasteiger partial charge in [0.05, 0.1) is 5.60 Å². The van der Waals surface area contributed by atoms with Crippen LogP contribution in [0.1, 0.15) is 46.5 Å². The first kappa shape index (κ1) is 14.8. The van der Waals surface area contributed by atoms with Crippen LogP contribution in [0.15, 0.2) is 0 Å². The lowest BCUT2D eigenvalue weighted by atomic mass is 10.0. The second-order valence-corrected chi connectivity index (χ2v) is 5.23. The average molecular weight is 253 g/mol. The molecule has 0 aliphatic heterocycles. The zero-order valence-corrected chi connectivity index (χ0v) is 10.7. The Hall–Kier alpha value is -0.290. The standard InChI is InChI=1S/C12H22F3NO/c1-9(2)16-8-11(6-4-5-7-11)17-10(3)12(13,14)15/h9-10,16H,4-8H2,1-3H3. The molecule has 0 radical (unpaired) electrons. The van der Waals surface area contributed by atoms with Crippen LogP contribution in [0, 0.1) is 0 Å². The molecule has 1 N–H and O–H groups in total. The molecular formula is C12H22F3NO. The summed E-state index contributed by atoms with van der Waals surface area (Å²) in [6.07, 6.45) is -2.63. The predicted molar refractivity (Wildman–Crippen MR) is 60.9 cm³/mol. The van der Waals surface area contributed by atoms with Crippen molar-refractivity contribution in [2.24, 2.45) is 0 Å². The molecule has 2 nitrogen and oxygen atoms in total. The van der Waals surface area contributed by atoms with Crippen LogP contribution >= 0.6 is 0 Å². The van der Waals surface area contributed by atoms with E-state index in [9.17, 15) is 13.2 Å². The van der Waals surface area contributed by atoms with Crippen LogP contribution in [0.25, 0.3) is 0 Å². The fraction of sp³-hybridized carbons (Fsp3) is 1.00. The molecule has 1 fully saturated rings. The van der Waals surface area contributed by atoms with Crippen LogP contribution in [0.3, 0.4) is 0 Å². The molecule has 1 aliphatic rings. The molecule has 0 bridgehead atoms. The highest BCUT2D eigenvalue weighted by Gasteiger charge is 2.44. The Kier molecular flexibility index (Phi) is 4.84. The number of alkyl halides is 3. The van der Waals surface area contributed by atoms with Crippen molar-refractivity contribution in [3.63, 3.8) is 0 Å². The fourth-order valence-electron chi connectivity index (χ4n) is 2.19. The SMILES string of the molecule is CC(C)NCC1(OC(C)C(F)(F)F)CCCC1. The molecule has 1 atom stereocenters. The summed E-state index contributed by atoms with van der Waals surface area (Å²) in [4.78, 5) is 0. The van der Waals surface area contributed by atoms with E-state index in [1.165, 1.54) is 0 Å². The highest BCUT2D eigenvalue weighted by atomic mass is 19.4. The summed E-state index contributed by atoms with van der Waals surface area (Å²) < 4.78 is 42.9. The van der Waals surface area contributed by atoms with Gasteiger partial charge >= 0.3 is 6.18 Å². The molecule has 0 aromatic rings. The molecule has 102 valence electrons. The molecule has 0 heterocycles. The van der Waals surface area contributed by atoms with Crippen LogP contribution in [0.2, 0.25) is 0 Å². The molecule has 0 aromatic heterocycles. The molecule has 0 saturated heterocycles. The molecule has 0 aromatic carbocycles. The Bertz CT molecular complexity index is 234. The summed E-state index contributed by atoms with van der Waals surface area (Å²) in [5.41, 5.74) is -0.626. The molecule has 1 rings (SSSR count). The van der Waals surface area contributed by atoms with E-state index in [2.05, 4.69) is 5.32 Å². The van der Waals surface area contributed by atoms with E-state index in [1.807, 2.05) is 13.8 Å². The number of rotatable bonds is 5. The second kappa shape index (κ2) is 5.57. The van der Waals surface area contributed by atoms with Crippen LogP contribution in [-0.2, 0) is 4.74 Å².